The molecule has 122 valence electrons. The number of benzene rings is 1. The minimum Gasteiger partial charge on any atom is -0.370 e. The normalized spacial score (nSPS) is 13.0. The van der Waals surface area contributed by atoms with Gasteiger partial charge in [-0.15, -0.1) is 0 Å². The first-order valence-corrected chi connectivity index (χ1v) is 8.62. The molecule has 0 unspecified atom stereocenters. The van der Waals surface area contributed by atoms with Crippen LogP contribution in [0.3, 0.4) is 0 Å². The Morgan fingerprint density at radius 2 is 1.45 bits per heavy atom. The molecule has 22 heavy (non-hydrogen) atoms. The Morgan fingerprint density at radius 1 is 0.955 bits per heavy atom. The number of guanidine groups is 2. The maximum atomic E-state index is 11.6. The van der Waals surface area contributed by atoms with Gasteiger partial charge in [-0.1, -0.05) is 11.6 Å². The van der Waals surface area contributed by atoms with Crippen molar-refractivity contribution in [2.45, 2.75) is 9.79 Å². The first-order chi connectivity index (χ1) is 9.82. The standard InChI is InChI=1S/C8H12ClN7O4S2/c9-3-1-4(15-8(12)16-7(10)11)6(22(14,19)20)2-5(3)21(13,17)18/h1-2H,(H2,13,17,18)(H2,14,19,20)(H6,10,11,12,15,16). The van der Waals surface area contributed by atoms with Gasteiger partial charge in [-0.05, 0) is 12.1 Å². The molecule has 0 atom stereocenters. The SMILES string of the molecule is NC(N)=NC(N)=Nc1cc(Cl)c(S(N)(=O)=O)cc1S(N)(=O)=O. The molecule has 11 nitrogen and oxygen atoms in total. The highest BCUT2D eigenvalue weighted by molar-refractivity contribution is 7.90. The van der Waals surface area contributed by atoms with Crippen LogP contribution < -0.4 is 27.5 Å². The average molecular weight is 370 g/mol. The fraction of sp³-hybridized carbons (Fsp3) is 0. The Kier molecular flexibility index (Phi) is 4.99. The van der Waals surface area contributed by atoms with E-state index in [0.29, 0.717) is 6.07 Å². The highest BCUT2D eigenvalue weighted by Gasteiger charge is 2.22. The molecule has 0 radical (unpaired) electrons. The molecule has 0 aromatic heterocycles. The summed E-state index contributed by atoms with van der Waals surface area (Å²) in [6.07, 6.45) is 0. The second kappa shape index (κ2) is 6.05. The zero-order valence-electron chi connectivity index (χ0n) is 10.8. The molecule has 1 aromatic carbocycles. The molecule has 10 N–H and O–H groups in total. The summed E-state index contributed by atoms with van der Waals surface area (Å²) >= 11 is 5.74. The van der Waals surface area contributed by atoms with Crippen molar-refractivity contribution < 1.29 is 16.8 Å². The van der Waals surface area contributed by atoms with Gasteiger partial charge in [0.2, 0.25) is 26.0 Å². The monoisotopic (exact) mass is 369 g/mol. The van der Waals surface area contributed by atoms with Gasteiger partial charge in [0.25, 0.3) is 0 Å². The highest BCUT2D eigenvalue weighted by atomic mass is 35.5. The van der Waals surface area contributed by atoms with Crippen LogP contribution >= 0.6 is 11.6 Å². The minimum atomic E-state index is -4.36. The maximum Gasteiger partial charge on any atom is 0.240 e. The number of nitrogens with two attached hydrogens (primary N) is 5. The summed E-state index contributed by atoms with van der Waals surface area (Å²) < 4.78 is 45.8. The lowest BCUT2D eigenvalue weighted by Crippen LogP contribution is -2.26. The summed E-state index contributed by atoms with van der Waals surface area (Å²) in [7, 11) is -8.64. The van der Waals surface area contributed by atoms with Crippen LogP contribution in [0.15, 0.2) is 31.9 Å². The van der Waals surface area contributed by atoms with Crippen LogP contribution in [0.2, 0.25) is 5.02 Å². The molecular weight excluding hydrogens is 358 g/mol. The van der Waals surface area contributed by atoms with Crippen LogP contribution in [0, 0.1) is 0 Å². The quantitative estimate of drug-likeness (QED) is 0.293. The molecule has 0 spiro atoms. The molecule has 0 amide bonds. The van der Waals surface area contributed by atoms with Gasteiger partial charge in [-0.2, -0.15) is 4.99 Å². The molecule has 0 aliphatic rings. The van der Waals surface area contributed by atoms with E-state index in [1.54, 1.807) is 0 Å². The first kappa shape index (κ1) is 18.1. The molecule has 0 fully saturated rings. The van der Waals surface area contributed by atoms with Crippen molar-refractivity contribution in [2.75, 3.05) is 0 Å². The van der Waals surface area contributed by atoms with Gasteiger partial charge in [0.15, 0.2) is 5.96 Å². The van der Waals surface area contributed by atoms with Crippen molar-refractivity contribution in [2.24, 2.45) is 37.5 Å². The molecule has 0 saturated heterocycles. The Hall–Kier alpha value is -1.93. The number of halogens is 1. The summed E-state index contributed by atoms with van der Waals surface area (Å²) in [6, 6.07) is 1.56. The number of aliphatic imine (C=N–C) groups is 2. The summed E-state index contributed by atoms with van der Waals surface area (Å²) in [4.78, 5) is 5.68. The van der Waals surface area contributed by atoms with Gasteiger partial charge in [0.1, 0.15) is 9.79 Å². The molecular formula is C8H12ClN7O4S2. The lowest BCUT2D eigenvalue weighted by molar-refractivity contribution is 0.596. The predicted octanol–water partition coefficient (Wildman–Crippen LogP) is -2.15. The number of hydrogen-bond donors (Lipinski definition) is 5. The van der Waals surface area contributed by atoms with Crippen molar-refractivity contribution >= 4 is 49.3 Å². The molecule has 14 heteroatoms. The second-order valence-corrected chi connectivity index (χ2v) is 7.31. The topological polar surface area (TPSA) is 223 Å². The Labute approximate surface area is 130 Å². The lowest BCUT2D eigenvalue weighted by Gasteiger charge is -2.08. The third kappa shape index (κ3) is 4.54. The van der Waals surface area contributed by atoms with Crippen molar-refractivity contribution in [1.82, 2.24) is 0 Å². The summed E-state index contributed by atoms with van der Waals surface area (Å²) in [5.41, 5.74) is 15.2. The predicted molar refractivity (Wildman–Crippen MR) is 81.3 cm³/mol. The van der Waals surface area contributed by atoms with E-state index in [1.165, 1.54) is 0 Å². The van der Waals surface area contributed by atoms with Crippen LogP contribution in [-0.2, 0) is 20.0 Å². The van der Waals surface area contributed by atoms with E-state index in [0.717, 1.165) is 6.07 Å². The highest BCUT2D eigenvalue weighted by Crippen LogP contribution is 2.32. The third-order valence-electron chi connectivity index (χ3n) is 2.11. The second-order valence-electron chi connectivity index (χ2n) is 3.85. The fourth-order valence-corrected chi connectivity index (χ4v) is 3.18. The smallest absolute Gasteiger partial charge is 0.240 e. The zero-order chi connectivity index (χ0) is 17.3. The summed E-state index contributed by atoms with van der Waals surface area (Å²) in [5, 5.41) is 9.54. The van der Waals surface area contributed by atoms with Crippen LogP contribution in [0.1, 0.15) is 0 Å². The van der Waals surface area contributed by atoms with Gasteiger partial charge < -0.3 is 17.2 Å². The van der Waals surface area contributed by atoms with Crippen molar-refractivity contribution in [1.29, 1.82) is 0 Å². The van der Waals surface area contributed by atoms with Crippen LogP contribution in [0.5, 0.6) is 0 Å². The molecule has 0 aliphatic carbocycles. The number of primary sulfonamides is 2. The van der Waals surface area contributed by atoms with Gasteiger partial charge in [-0.3, -0.25) is 0 Å². The molecule has 0 bridgehead atoms. The number of nitrogens with zero attached hydrogens (tertiary/aromatic N) is 2. The Bertz CT molecular complexity index is 872. The van der Waals surface area contributed by atoms with E-state index in [1.807, 2.05) is 0 Å². The lowest BCUT2D eigenvalue weighted by atomic mass is 10.3. The van der Waals surface area contributed by atoms with E-state index in [9.17, 15) is 16.8 Å². The van der Waals surface area contributed by atoms with E-state index >= 15 is 0 Å². The van der Waals surface area contributed by atoms with E-state index in [2.05, 4.69) is 9.98 Å². The zero-order valence-corrected chi connectivity index (χ0v) is 13.2. The van der Waals surface area contributed by atoms with Gasteiger partial charge in [-0.25, -0.2) is 32.1 Å². The van der Waals surface area contributed by atoms with E-state index in [-0.39, 0.29) is 10.7 Å². The van der Waals surface area contributed by atoms with Gasteiger partial charge >= 0.3 is 0 Å². The van der Waals surface area contributed by atoms with Gasteiger partial charge in [0, 0.05) is 0 Å². The molecule has 0 heterocycles. The first-order valence-electron chi connectivity index (χ1n) is 5.15. The number of sulfonamides is 2. The number of hydrogen-bond acceptors (Lipinski definition) is 5. The van der Waals surface area contributed by atoms with Crippen LogP contribution in [-0.4, -0.2) is 28.8 Å². The Morgan fingerprint density at radius 3 is 1.86 bits per heavy atom. The largest absolute Gasteiger partial charge is 0.370 e. The fourth-order valence-electron chi connectivity index (χ4n) is 1.34. The van der Waals surface area contributed by atoms with Crippen LogP contribution in [0.25, 0.3) is 0 Å². The number of rotatable bonds is 3. The van der Waals surface area contributed by atoms with E-state index in [4.69, 9.17) is 39.1 Å². The summed E-state index contributed by atoms with van der Waals surface area (Å²) in [6.45, 7) is 0. The Balaban J connectivity index is 3.74. The van der Waals surface area contributed by atoms with Crippen molar-refractivity contribution in [3.63, 3.8) is 0 Å². The van der Waals surface area contributed by atoms with Crippen molar-refractivity contribution in [3.8, 4) is 0 Å². The third-order valence-corrected chi connectivity index (χ3v) is 4.42. The molecule has 0 saturated carbocycles. The van der Waals surface area contributed by atoms with E-state index < -0.39 is 41.8 Å². The minimum absolute atomic E-state index is 0.359. The average Bonchev–Trinajstić information content (AvgIpc) is 2.23. The molecule has 1 aromatic rings. The molecule has 0 aliphatic heterocycles. The molecule has 1 rings (SSSR count). The maximum absolute atomic E-state index is 11.6. The van der Waals surface area contributed by atoms with Crippen molar-refractivity contribution in [3.05, 3.63) is 17.2 Å². The van der Waals surface area contributed by atoms with Gasteiger partial charge in [0.05, 0.1) is 10.7 Å². The summed E-state index contributed by atoms with van der Waals surface area (Å²) in [5.74, 6) is -0.921. The van der Waals surface area contributed by atoms with Crippen LogP contribution in [0.4, 0.5) is 5.69 Å².